The zero-order chi connectivity index (χ0) is 27.6. The second kappa shape index (κ2) is 13.8. The Labute approximate surface area is 235 Å². The van der Waals surface area contributed by atoms with E-state index in [1.807, 2.05) is 53.2 Å². The van der Waals surface area contributed by atoms with Crippen LogP contribution in [0.15, 0.2) is 77.5 Å². The molecule has 2 atom stereocenters. The molecule has 0 saturated carbocycles. The molecular formula is C26H26N4O6S3. The van der Waals surface area contributed by atoms with Crippen LogP contribution in [-0.2, 0) is 37.6 Å². The molecule has 4 aromatic rings. The highest BCUT2D eigenvalue weighted by Gasteiger charge is 2.26. The Morgan fingerprint density at radius 2 is 1.67 bits per heavy atom. The summed E-state index contributed by atoms with van der Waals surface area (Å²) in [5, 5.41) is 10.4. The second-order valence-corrected chi connectivity index (χ2v) is 10.7. The molecule has 10 nitrogen and oxygen atoms in total. The minimum Gasteiger partial charge on any atom is -0.453 e. The van der Waals surface area contributed by atoms with Crippen molar-refractivity contribution in [3.05, 3.63) is 94.3 Å². The molecule has 2 amide bonds. The van der Waals surface area contributed by atoms with Gasteiger partial charge in [-0.05, 0) is 41.1 Å². The third-order valence-corrected chi connectivity index (χ3v) is 7.78. The molecule has 3 N–H and O–H groups in total. The maximum atomic E-state index is 13.5. The van der Waals surface area contributed by atoms with E-state index in [-0.39, 0.29) is 12.3 Å². The van der Waals surface area contributed by atoms with Crippen molar-refractivity contribution in [2.24, 2.45) is 0 Å². The van der Waals surface area contributed by atoms with Crippen molar-refractivity contribution in [1.29, 1.82) is 0 Å². The lowest BCUT2D eigenvalue weighted by Crippen LogP contribution is -2.49. The number of benzene rings is 2. The summed E-state index contributed by atoms with van der Waals surface area (Å²) in [6, 6.07) is 18.9. The molecule has 2 heterocycles. The highest BCUT2D eigenvalue weighted by Crippen LogP contribution is 2.31. The Morgan fingerprint density at radius 1 is 0.923 bits per heavy atom. The molecule has 2 aromatic carbocycles. The number of hydrogen-bond acceptors (Lipinski definition) is 10. The summed E-state index contributed by atoms with van der Waals surface area (Å²) in [7, 11) is -1.79. The van der Waals surface area contributed by atoms with E-state index >= 15 is 0 Å². The maximum absolute atomic E-state index is 13.5. The van der Waals surface area contributed by atoms with Crippen LogP contribution < -0.4 is 16.1 Å². The first-order chi connectivity index (χ1) is 18.9. The number of thiazole rings is 1. The fourth-order valence-electron chi connectivity index (χ4n) is 3.76. The van der Waals surface area contributed by atoms with Crippen molar-refractivity contribution in [1.82, 2.24) is 15.6 Å². The van der Waals surface area contributed by atoms with Crippen molar-refractivity contribution in [3.8, 4) is 9.88 Å². The summed E-state index contributed by atoms with van der Waals surface area (Å²) < 4.78 is 30.5. The molecule has 4 rings (SSSR count). The van der Waals surface area contributed by atoms with Crippen molar-refractivity contribution in [2.45, 2.75) is 24.9 Å². The summed E-state index contributed by atoms with van der Waals surface area (Å²) in [5.41, 5.74) is 5.22. The largest absolute Gasteiger partial charge is 0.453 e. The molecule has 0 aliphatic carbocycles. The van der Waals surface area contributed by atoms with Gasteiger partial charge in [0.2, 0.25) is 5.91 Å². The number of methoxy groups -OCH3 is 1. The number of alkyl carbamates (subject to hydrolysis) is 1. The smallest absolute Gasteiger partial charge is 0.407 e. The van der Waals surface area contributed by atoms with E-state index in [4.69, 9.17) is 9.72 Å². The number of nitrogens with one attached hydrogen (secondary N) is 3. The number of carbonyl (C=O) groups is 2. The van der Waals surface area contributed by atoms with Crippen LogP contribution >= 0.6 is 22.7 Å². The van der Waals surface area contributed by atoms with Crippen LogP contribution in [0.2, 0.25) is 0 Å². The number of thiol groups is 1. The average Bonchev–Trinajstić information content (AvgIpc) is 3.65. The van der Waals surface area contributed by atoms with Crippen molar-refractivity contribution in [3.63, 3.8) is 0 Å². The van der Waals surface area contributed by atoms with Gasteiger partial charge in [-0.15, -0.1) is 22.7 Å². The normalized spacial score (nSPS) is 12.5. The Hall–Kier alpha value is -3.78. The molecule has 0 spiro atoms. The van der Waals surface area contributed by atoms with E-state index < -0.39 is 29.2 Å². The van der Waals surface area contributed by atoms with Gasteiger partial charge in [0.05, 0.1) is 29.4 Å². The molecular weight excluding hydrogens is 561 g/mol. The van der Waals surface area contributed by atoms with E-state index in [9.17, 15) is 18.0 Å². The van der Waals surface area contributed by atoms with Crippen LogP contribution in [0.1, 0.15) is 22.9 Å². The Bertz CT molecular complexity index is 1430. The van der Waals surface area contributed by atoms with E-state index in [0.717, 1.165) is 21.0 Å². The molecule has 0 fully saturated rings. The lowest BCUT2D eigenvalue weighted by atomic mass is 10.0. The number of aromatic nitrogens is 1. The van der Waals surface area contributed by atoms with Gasteiger partial charge in [0.1, 0.15) is 11.0 Å². The Balaban J connectivity index is 1.57. The van der Waals surface area contributed by atoms with Gasteiger partial charge in [0.25, 0.3) is 11.0 Å². The number of thiophene rings is 1. The van der Waals surface area contributed by atoms with Crippen LogP contribution in [0.25, 0.3) is 9.88 Å². The van der Waals surface area contributed by atoms with Crippen LogP contribution in [0.5, 0.6) is 0 Å². The number of amides is 2. The van der Waals surface area contributed by atoms with Gasteiger partial charge >= 0.3 is 6.09 Å². The first-order valence-electron chi connectivity index (χ1n) is 11.8. The minimum absolute atomic E-state index is 0.272. The zero-order valence-corrected chi connectivity index (χ0v) is 23.3. The molecule has 0 aliphatic rings. The fourth-order valence-corrected chi connectivity index (χ4v) is 5.62. The van der Waals surface area contributed by atoms with Crippen LogP contribution in [-0.4, -0.2) is 38.6 Å². The van der Waals surface area contributed by atoms with E-state index in [1.54, 1.807) is 35.6 Å². The number of rotatable bonds is 12. The van der Waals surface area contributed by atoms with Crippen molar-refractivity contribution in [2.75, 3.05) is 12.6 Å². The standard InChI is InChI=1S/C26H26N4O6S3/c1-35-26(32)29-21(15-17-6-3-2-4-7-17)24(31)27-20(22-16-38-25(28-22)23-8-5-13-37-23)14-18-9-11-19(12-10-18)30-36-39(33)34/h2-13,16,20-21,30,39H,14-15H2,1H3,(H,27,31)(H,29,32)/t20-,21-/m0/s1. The lowest BCUT2D eigenvalue weighted by Gasteiger charge is -2.23. The maximum Gasteiger partial charge on any atom is 0.407 e. The predicted molar refractivity (Wildman–Crippen MR) is 151 cm³/mol. The van der Waals surface area contributed by atoms with E-state index in [1.165, 1.54) is 18.4 Å². The quantitative estimate of drug-likeness (QED) is 0.144. The summed E-state index contributed by atoms with van der Waals surface area (Å²) >= 11 is 3.06. The number of anilines is 1. The van der Waals surface area contributed by atoms with Gasteiger partial charge in [0, 0.05) is 11.8 Å². The van der Waals surface area contributed by atoms with Crippen molar-refractivity contribution < 1.29 is 27.0 Å². The van der Waals surface area contributed by atoms with E-state index in [2.05, 4.69) is 20.4 Å². The SMILES string of the molecule is COC(=O)N[C@@H](Cc1ccccc1)C(=O)N[C@@H](Cc1ccc(NO[SH](=O)=O)cc1)c1csc(-c2cccs2)n1. The highest BCUT2D eigenvalue weighted by atomic mass is 32.2. The number of nitrogens with zero attached hydrogens (tertiary/aromatic N) is 1. The third-order valence-electron chi connectivity index (χ3n) is 5.64. The molecule has 204 valence electrons. The monoisotopic (exact) mass is 586 g/mol. The first-order valence-corrected chi connectivity index (χ1v) is 14.6. The number of ether oxygens (including phenoxy) is 1. The van der Waals surface area contributed by atoms with E-state index in [0.29, 0.717) is 17.8 Å². The van der Waals surface area contributed by atoms with Gasteiger partial charge in [-0.1, -0.05) is 48.5 Å². The highest BCUT2D eigenvalue weighted by molar-refractivity contribution is 7.67. The molecule has 0 bridgehead atoms. The Kier molecular flexibility index (Phi) is 10.0. The predicted octanol–water partition coefficient (Wildman–Crippen LogP) is 4.11. The Morgan fingerprint density at radius 3 is 2.33 bits per heavy atom. The zero-order valence-electron chi connectivity index (χ0n) is 20.7. The van der Waals surface area contributed by atoms with Gasteiger partial charge in [-0.2, -0.15) is 4.28 Å². The molecule has 0 aliphatic heterocycles. The first kappa shape index (κ1) is 28.2. The molecule has 13 heteroatoms. The average molecular weight is 587 g/mol. The summed E-state index contributed by atoms with van der Waals surface area (Å²) in [5.74, 6) is -0.383. The second-order valence-electron chi connectivity index (χ2n) is 8.31. The van der Waals surface area contributed by atoms with Gasteiger partial charge in [-0.3, -0.25) is 4.79 Å². The van der Waals surface area contributed by atoms with Crippen LogP contribution in [0, 0.1) is 0 Å². The van der Waals surface area contributed by atoms with Crippen LogP contribution in [0.4, 0.5) is 10.5 Å². The topological polar surface area (TPSA) is 136 Å². The minimum atomic E-state index is -3.04. The van der Waals surface area contributed by atoms with Gasteiger partial charge in [-0.25, -0.2) is 23.7 Å². The van der Waals surface area contributed by atoms with Gasteiger partial charge < -0.3 is 15.4 Å². The summed E-state index contributed by atoms with van der Waals surface area (Å²) in [6.45, 7) is 0. The summed E-state index contributed by atoms with van der Waals surface area (Å²) in [4.78, 5) is 31.4. The molecule has 2 aromatic heterocycles. The molecule has 0 saturated heterocycles. The fraction of sp³-hybridized carbons (Fsp3) is 0.192. The molecule has 0 radical (unpaired) electrons. The third kappa shape index (κ3) is 8.35. The summed E-state index contributed by atoms with van der Waals surface area (Å²) in [6.07, 6.45) is -0.0394. The molecule has 0 unspecified atom stereocenters. The molecule has 39 heavy (non-hydrogen) atoms. The van der Waals surface area contributed by atoms with Gasteiger partial charge in [0.15, 0.2) is 0 Å². The van der Waals surface area contributed by atoms with Crippen molar-refractivity contribution >= 4 is 51.3 Å². The number of carbonyl (C=O) groups excluding carboxylic acids is 2. The number of hydrogen-bond donors (Lipinski definition) is 4. The lowest BCUT2D eigenvalue weighted by molar-refractivity contribution is -0.123. The van der Waals surface area contributed by atoms with Crippen LogP contribution in [0.3, 0.4) is 0 Å².